The smallest absolute Gasteiger partial charge is 0.222 e. The molecule has 0 bridgehead atoms. The van der Waals surface area contributed by atoms with Crippen molar-refractivity contribution in [2.75, 3.05) is 19.6 Å². The highest BCUT2D eigenvalue weighted by molar-refractivity contribution is 5.76. The second kappa shape index (κ2) is 5.67. The molecule has 1 saturated carbocycles. The highest BCUT2D eigenvalue weighted by Crippen LogP contribution is 2.37. The van der Waals surface area contributed by atoms with E-state index in [0.29, 0.717) is 23.8 Å². The van der Waals surface area contributed by atoms with Gasteiger partial charge in [-0.3, -0.25) is 4.79 Å². The Balaban J connectivity index is 0.000000606. The van der Waals surface area contributed by atoms with E-state index in [9.17, 15) is 4.79 Å². The maximum absolute atomic E-state index is 11.8. The highest BCUT2D eigenvalue weighted by atomic mass is 16.2. The lowest BCUT2D eigenvalue weighted by Gasteiger charge is -2.34. The molecule has 0 unspecified atom stereocenters. The fraction of sp³-hybridized carbons (Fsp3) is 0.923. The van der Waals surface area contributed by atoms with E-state index >= 15 is 0 Å². The molecule has 2 rings (SSSR count). The van der Waals surface area contributed by atoms with Crippen molar-refractivity contribution in [1.29, 1.82) is 0 Å². The Labute approximate surface area is 99.6 Å². The maximum atomic E-state index is 11.8. The van der Waals surface area contributed by atoms with Crippen LogP contribution in [0.15, 0.2) is 0 Å². The van der Waals surface area contributed by atoms with E-state index in [1.54, 1.807) is 0 Å². The van der Waals surface area contributed by atoms with Gasteiger partial charge in [0, 0.05) is 31.6 Å². The van der Waals surface area contributed by atoms with Crippen molar-refractivity contribution in [2.24, 2.45) is 5.92 Å². The van der Waals surface area contributed by atoms with Crippen LogP contribution in [0.5, 0.6) is 0 Å². The minimum absolute atomic E-state index is 0.324. The first kappa shape index (κ1) is 13.5. The predicted molar refractivity (Wildman–Crippen MR) is 67.4 cm³/mol. The molecular formula is C13H26N2O. The second-order valence-electron chi connectivity index (χ2n) is 5.12. The van der Waals surface area contributed by atoms with Crippen LogP contribution in [0.4, 0.5) is 0 Å². The summed E-state index contributed by atoms with van der Waals surface area (Å²) < 4.78 is 0. The van der Waals surface area contributed by atoms with Gasteiger partial charge in [-0.15, -0.1) is 0 Å². The van der Waals surface area contributed by atoms with Gasteiger partial charge in [-0.1, -0.05) is 27.7 Å². The number of hydrogen-bond acceptors (Lipinski definition) is 2. The molecule has 1 N–H and O–H groups in total. The summed E-state index contributed by atoms with van der Waals surface area (Å²) in [5.41, 5.74) is 0.324. The summed E-state index contributed by atoms with van der Waals surface area (Å²) in [6, 6.07) is 0. The molecule has 0 aromatic heterocycles. The van der Waals surface area contributed by atoms with Gasteiger partial charge in [0.1, 0.15) is 0 Å². The van der Waals surface area contributed by atoms with Gasteiger partial charge in [-0.25, -0.2) is 0 Å². The van der Waals surface area contributed by atoms with Crippen molar-refractivity contribution in [3.63, 3.8) is 0 Å². The third-order valence-corrected chi connectivity index (χ3v) is 3.16. The van der Waals surface area contributed by atoms with Crippen LogP contribution >= 0.6 is 0 Å². The first-order valence-electron chi connectivity index (χ1n) is 6.64. The average Bonchev–Trinajstić information content (AvgIpc) is 3.00. The Kier molecular flexibility index (Phi) is 4.78. The van der Waals surface area contributed by atoms with Crippen molar-refractivity contribution in [3.05, 3.63) is 0 Å². The van der Waals surface area contributed by atoms with Crippen LogP contribution in [0.3, 0.4) is 0 Å². The topological polar surface area (TPSA) is 32.3 Å². The first-order valence-corrected chi connectivity index (χ1v) is 6.64. The molecule has 1 spiro atoms. The molecule has 1 heterocycles. The molecule has 0 radical (unpaired) electrons. The molecule has 0 atom stereocenters. The van der Waals surface area contributed by atoms with E-state index in [1.165, 1.54) is 12.8 Å². The number of carbonyl (C=O) groups excluding carboxylic acids is 1. The summed E-state index contributed by atoms with van der Waals surface area (Å²) in [7, 11) is 0. The van der Waals surface area contributed by atoms with Gasteiger partial charge in [0.15, 0.2) is 0 Å². The van der Waals surface area contributed by atoms with Crippen LogP contribution in [-0.2, 0) is 4.79 Å². The van der Waals surface area contributed by atoms with Crippen LogP contribution in [0.1, 0.15) is 47.0 Å². The number of amides is 1. The van der Waals surface area contributed by atoms with Gasteiger partial charge >= 0.3 is 0 Å². The lowest BCUT2D eigenvalue weighted by atomic mass is 10.1. The van der Waals surface area contributed by atoms with Crippen LogP contribution < -0.4 is 5.32 Å². The third kappa shape index (κ3) is 3.48. The molecule has 3 nitrogen and oxygen atoms in total. The number of rotatable bonds is 2. The minimum atomic E-state index is 0.324. The largest absolute Gasteiger partial charge is 0.340 e. The Hall–Kier alpha value is -0.570. The summed E-state index contributed by atoms with van der Waals surface area (Å²) in [5, 5.41) is 3.51. The maximum Gasteiger partial charge on any atom is 0.222 e. The van der Waals surface area contributed by atoms with Crippen molar-refractivity contribution >= 4 is 5.91 Å². The highest BCUT2D eigenvalue weighted by Gasteiger charge is 2.46. The normalized spacial score (nSPS) is 21.7. The molecule has 16 heavy (non-hydrogen) atoms. The quantitative estimate of drug-likeness (QED) is 0.781. The van der Waals surface area contributed by atoms with Crippen LogP contribution in [-0.4, -0.2) is 36.0 Å². The van der Waals surface area contributed by atoms with Crippen molar-refractivity contribution in [3.8, 4) is 0 Å². The van der Waals surface area contributed by atoms with E-state index < -0.39 is 0 Å². The molecule has 0 aromatic carbocycles. The number of carbonyl (C=O) groups is 1. The second-order valence-corrected chi connectivity index (χ2v) is 5.12. The number of nitrogens with one attached hydrogen (secondary N) is 1. The zero-order valence-corrected chi connectivity index (χ0v) is 11.2. The Morgan fingerprint density at radius 2 is 2.00 bits per heavy atom. The van der Waals surface area contributed by atoms with Crippen LogP contribution in [0.2, 0.25) is 0 Å². The molecule has 94 valence electrons. The fourth-order valence-electron chi connectivity index (χ4n) is 2.13. The Morgan fingerprint density at radius 1 is 1.38 bits per heavy atom. The fourth-order valence-corrected chi connectivity index (χ4v) is 2.13. The van der Waals surface area contributed by atoms with Crippen molar-refractivity contribution < 1.29 is 4.79 Å². The van der Waals surface area contributed by atoms with E-state index in [2.05, 4.69) is 19.2 Å². The molecule has 1 amide bonds. The van der Waals surface area contributed by atoms with Gasteiger partial charge in [0.25, 0.3) is 0 Å². The predicted octanol–water partition coefficient (Wildman–Crippen LogP) is 2.02. The van der Waals surface area contributed by atoms with E-state index in [1.807, 2.05) is 18.7 Å². The van der Waals surface area contributed by atoms with Gasteiger partial charge in [0.2, 0.25) is 5.91 Å². The molecule has 2 fully saturated rings. The van der Waals surface area contributed by atoms with Gasteiger partial charge in [-0.05, 0) is 18.8 Å². The minimum Gasteiger partial charge on any atom is -0.340 e. The van der Waals surface area contributed by atoms with Gasteiger partial charge in [0.05, 0.1) is 0 Å². The SMILES string of the molecule is CC.CC(C)CC(=O)N1CCNC2(CC2)C1. The molecule has 2 aliphatic rings. The zero-order valence-electron chi connectivity index (χ0n) is 11.2. The number of hydrogen-bond donors (Lipinski definition) is 1. The third-order valence-electron chi connectivity index (χ3n) is 3.16. The molecule has 3 heteroatoms. The molecule has 1 aliphatic heterocycles. The summed E-state index contributed by atoms with van der Waals surface area (Å²) in [4.78, 5) is 13.9. The lowest BCUT2D eigenvalue weighted by molar-refractivity contribution is -0.133. The summed E-state index contributed by atoms with van der Waals surface area (Å²) in [6.45, 7) is 11.0. The summed E-state index contributed by atoms with van der Waals surface area (Å²) in [6.07, 6.45) is 3.20. The molecule has 1 aliphatic carbocycles. The molecule has 0 aromatic rings. The number of piperazine rings is 1. The summed E-state index contributed by atoms with van der Waals surface area (Å²) >= 11 is 0. The molecular weight excluding hydrogens is 200 g/mol. The monoisotopic (exact) mass is 226 g/mol. The Bertz CT molecular complexity index is 234. The Morgan fingerprint density at radius 3 is 2.50 bits per heavy atom. The molecule has 1 saturated heterocycles. The van der Waals surface area contributed by atoms with Crippen LogP contribution in [0, 0.1) is 5.92 Å². The van der Waals surface area contributed by atoms with Crippen molar-refractivity contribution in [2.45, 2.75) is 52.5 Å². The standard InChI is InChI=1S/C11H20N2O.C2H6/c1-9(2)7-10(14)13-6-5-12-11(8-13)3-4-11;1-2/h9,12H,3-8H2,1-2H3;1-2H3. The lowest BCUT2D eigenvalue weighted by Crippen LogP contribution is -2.54. The van der Waals surface area contributed by atoms with Crippen LogP contribution in [0.25, 0.3) is 0 Å². The summed E-state index contributed by atoms with van der Waals surface area (Å²) in [5.74, 6) is 0.820. The zero-order chi connectivity index (χ0) is 12.2. The van der Waals surface area contributed by atoms with Gasteiger partial charge in [-0.2, -0.15) is 0 Å². The van der Waals surface area contributed by atoms with E-state index in [-0.39, 0.29) is 0 Å². The van der Waals surface area contributed by atoms with Crippen molar-refractivity contribution in [1.82, 2.24) is 10.2 Å². The van der Waals surface area contributed by atoms with E-state index in [0.717, 1.165) is 19.6 Å². The van der Waals surface area contributed by atoms with Gasteiger partial charge < -0.3 is 10.2 Å². The average molecular weight is 226 g/mol. The first-order chi connectivity index (χ1) is 7.61. The van der Waals surface area contributed by atoms with E-state index in [4.69, 9.17) is 0 Å². The number of nitrogens with zero attached hydrogens (tertiary/aromatic N) is 1.